The summed E-state index contributed by atoms with van der Waals surface area (Å²) in [6.45, 7) is 5.63. The van der Waals surface area contributed by atoms with Crippen LogP contribution in [0.2, 0.25) is 5.02 Å². The minimum absolute atomic E-state index is 0.0868. The molecule has 1 aromatic heterocycles. The van der Waals surface area contributed by atoms with Gasteiger partial charge in [0.15, 0.2) is 5.82 Å². The molecular weight excluding hydrogens is 336 g/mol. The highest BCUT2D eigenvalue weighted by Crippen LogP contribution is 2.17. The molecule has 0 spiro atoms. The first kappa shape index (κ1) is 17.6. The van der Waals surface area contributed by atoms with E-state index in [4.69, 9.17) is 16.3 Å². The molecule has 0 aliphatic heterocycles. The van der Waals surface area contributed by atoms with Crippen molar-refractivity contribution in [1.29, 1.82) is 0 Å². The molecule has 1 heterocycles. The summed E-state index contributed by atoms with van der Waals surface area (Å²) in [6.07, 6.45) is 0. The molecule has 0 unspecified atom stereocenters. The highest BCUT2D eigenvalue weighted by molar-refractivity contribution is 7.99. The lowest BCUT2D eigenvalue weighted by molar-refractivity contribution is -0.127. The largest absolute Gasteiger partial charge is 0.486 e. The van der Waals surface area contributed by atoms with Crippen LogP contribution in [0.1, 0.15) is 19.7 Å². The van der Waals surface area contributed by atoms with E-state index in [0.717, 1.165) is 0 Å². The average molecular weight is 355 g/mol. The molecule has 0 saturated carbocycles. The van der Waals surface area contributed by atoms with Gasteiger partial charge in [0.1, 0.15) is 12.4 Å². The van der Waals surface area contributed by atoms with E-state index in [9.17, 15) is 4.79 Å². The third kappa shape index (κ3) is 5.44. The third-order valence-corrected chi connectivity index (χ3v) is 4.23. The van der Waals surface area contributed by atoms with E-state index < -0.39 is 0 Å². The van der Waals surface area contributed by atoms with Crippen LogP contribution in [0.5, 0.6) is 5.75 Å². The first-order valence-corrected chi connectivity index (χ1v) is 8.69. The second-order valence-electron chi connectivity index (χ2n) is 4.66. The van der Waals surface area contributed by atoms with Gasteiger partial charge in [0.25, 0.3) is 0 Å². The van der Waals surface area contributed by atoms with Crippen molar-refractivity contribution in [2.24, 2.45) is 0 Å². The van der Waals surface area contributed by atoms with Crippen LogP contribution in [0.3, 0.4) is 0 Å². The summed E-state index contributed by atoms with van der Waals surface area (Å²) in [4.78, 5) is 18.0. The Morgan fingerprint density at radius 1 is 1.30 bits per heavy atom. The summed E-state index contributed by atoms with van der Waals surface area (Å²) >= 11 is 7.13. The molecule has 2 aromatic rings. The summed E-state index contributed by atoms with van der Waals surface area (Å²) in [5.41, 5.74) is 0. The van der Waals surface area contributed by atoms with Gasteiger partial charge in [-0.2, -0.15) is 0 Å². The standard InChI is InChI=1S/C15H19ClN4O2S/c1-3-20(4-2)14(21)10-23-15-17-13(18-19-15)9-22-12-7-5-11(16)6-8-12/h5-8H,3-4,9-10H2,1-2H3,(H,17,18,19). The number of carbonyl (C=O) groups excluding carboxylic acids is 1. The van der Waals surface area contributed by atoms with E-state index >= 15 is 0 Å². The molecule has 6 nitrogen and oxygen atoms in total. The van der Waals surface area contributed by atoms with Gasteiger partial charge in [-0.25, -0.2) is 4.98 Å². The van der Waals surface area contributed by atoms with Gasteiger partial charge in [-0.3, -0.25) is 9.89 Å². The molecule has 23 heavy (non-hydrogen) atoms. The molecule has 0 aliphatic rings. The van der Waals surface area contributed by atoms with Gasteiger partial charge in [-0.05, 0) is 38.1 Å². The maximum atomic E-state index is 11.9. The lowest BCUT2D eigenvalue weighted by Crippen LogP contribution is -2.31. The Morgan fingerprint density at radius 2 is 2.00 bits per heavy atom. The zero-order valence-corrected chi connectivity index (χ0v) is 14.7. The number of rotatable bonds is 8. The number of aromatic amines is 1. The van der Waals surface area contributed by atoms with Crippen LogP contribution in [-0.2, 0) is 11.4 Å². The van der Waals surface area contributed by atoms with Crippen molar-refractivity contribution < 1.29 is 9.53 Å². The van der Waals surface area contributed by atoms with E-state index in [1.807, 2.05) is 13.8 Å². The molecule has 2 rings (SSSR count). The highest BCUT2D eigenvalue weighted by atomic mass is 35.5. The van der Waals surface area contributed by atoms with Crippen LogP contribution >= 0.6 is 23.4 Å². The van der Waals surface area contributed by atoms with E-state index in [2.05, 4.69) is 15.2 Å². The highest BCUT2D eigenvalue weighted by Gasteiger charge is 2.12. The van der Waals surface area contributed by atoms with Gasteiger partial charge in [-0.1, -0.05) is 23.4 Å². The Kier molecular flexibility index (Phi) is 6.73. The normalized spacial score (nSPS) is 10.6. The molecule has 0 saturated heterocycles. The second-order valence-corrected chi connectivity index (χ2v) is 6.04. The summed E-state index contributed by atoms with van der Waals surface area (Å²) in [7, 11) is 0. The molecule has 0 radical (unpaired) electrons. The van der Waals surface area contributed by atoms with Crippen LogP contribution in [-0.4, -0.2) is 44.8 Å². The number of nitrogens with one attached hydrogen (secondary N) is 1. The van der Waals surface area contributed by atoms with Gasteiger partial charge < -0.3 is 9.64 Å². The molecule has 1 amide bonds. The number of nitrogens with zero attached hydrogens (tertiary/aromatic N) is 3. The molecule has 0 fully saturated rings. The third-order valence-electron chi connectivity index (χ3n) is 3.14. The van der Waals surface area contributed by atoms with E-state index in [0.29, 0.717) is 40.6 Å². The fraction of sp³-hybridized carbons (Fsp3) is 0.400. The van der Waals surface area contributed by atoms with Crippen molar-refractivity contribution in [3.8, 4) is 5.75 Å². The molecule has 1 N–H and O–H groups in total. The van der Waals surface area contributed by atoms with Gasteiger partial charge in [-0.15, -0.1) is 5.10 Å². The number of benzene rings is 1. The van der Waals surface area contributed by atoms with Crippen molar-refractivity contribution in [1.82, 2.24) is 20.1 Å². The zero-order chi connectivity index (χ0) is 16.7. The number of H-pyrrole nitrogens is 1. The van der Waals surface area contributed by atoms with Crippen LogP contribution in [0, 0.1) is 0 Å². The van der Waals surface area contributed by atoms with Gasteiger partial charge in [0.05, 0.1) is 5.75 Å². The topological polar surface area (TPSA) is 71.1 Å². The minimum Gasteiger partial charge on any atom is -0.486 e. The van der Waals surface area contributed by atoms with Crippen LogP contribution in [0.15, 0.2) is 29.4 Å². The molecule has 1 aromatic carbocycles. The van der Waals surface area contributed by atoms with Crippen LogP contribution in [0.4, 0.5) is 0 Å². The fourth-order valence-corrected chi connectivity index (χ4v) is 2.73. The first-order valence-electron chi connectivity index (χ1n) is 7.32. The molecular formula is C15H19ClN4O2S. The lowest BCUT2D eigenvalue weighted by Gasteiger charge is -2.17. The smallest absolute Gasteiger partial charge is 0.233 e. The number of halogens is 1. The number of hydrogen-bond donors (Lipinski definition) is 1. The monoisotopic (exact) mass is 354 g/mol. The second kappa shape index (κ2) is 8.79. The van der Waals surface area contributed by atoms with Crippen molar-refractivity contribution >= 4 is 29.3 Å². The van der Waals surface area contributed by atoms with Gasteiger partial charge in [0, 0.05) is 18.1 Å². The lowest BCUT2D eigenvalue weighted by atomic mass is 10.3. The summed E-state index contributed by atoms with van der Waals surface area (Å²) in [6, 6.07) is 7.10. The maximum Gasteiger partial charge on any atom is 0.233 e. The van der Waals surface area contributed by atoms with Crippen molar-refractivity contribution in [2.75, 3.05) is 18.8 Å². The molecule has 0 bridgehead atoms. The summed E-state index contributed by atoms with van der Waals surface area (Å²) in [5, 5.41) is 8.09. The fourth-order valence-electron chi connectivity index (χ4n) is 1.88. The van der Waals surface area contributed by atoms with Crippen molar-refractivity contribution in [2.45, 2.75) is 25.6 Å². The van der Waals surface area contributed by atoms with Crippen molar-refractivity contribution in [3.63, 3.8) is 0 Å². The Hall–Kier alpha value is -1.73. The summed E-state index contributed by atoms with van der Waals surface area (Å²) in [5.74, 6) is 1.73. The number of thioether (sulfide) groups is 1. The molecule has 0 atom stereocenters. The summed E-state index contributed by atoms with van der Waals surface area (Å²) < 4.78 is 5.58. The Morgan fingerprint density at radius 3 is 2.65 bits per heavy atom. The van der Waals surface area contributed by atoms with Crippen molar-refractivity contribution in [3.05, 3.63) is 35.1 Å². The average Bonchev–Trinajstić information content (AvgIpc) is 3.01. The van der Waals surface area contributed by atoms with E-state index in [1.54, 1.807) is 29.2 Å². The minimum atomic E-state index is 0.0868. The quantitative estimate of drug-likeness (QED) is 0.738. The predicted molar refractivity (Wildman–Crippen MR) is 90.8 cm³/mol. The number of aromatic nitrogens is 3. The molecule has 8 heteroatoms. The van der Waals surface area contributed by atoms with Gasteiger partial charge in [0.2, 0.25) is 11.1 Å². The Balaban J connectivity index is 1.81. The van der Waals surface area contributed by atoms with E-state index in [-0.39, 0.29) is 12.5 Å². The van der Waals surface area contributed by atoms with Crippen LogP contribution in [0.25, 0.3) is 0 Å². The maximum absolute atomic E-state index is 11.9. The SMILES string of the molecule is CCN(CC)C(=O)CSc1n[nH]c(COc2ccc(Cl)cc2)n1. The Labute approximate surface area is 144 Å². The zero-order valence-electron chi connectivity index (χ0n) is 13.1. The number of amides is 1. The number of ether oxygens (including phenoxy) is 1. The first-order chi connectivity index (χ1) is 11.1. The Bertz CT molecular complexity index is 629. The number of carbonyl (C=O) groups is 1. The number of hydrogen-bond acceptors (Lipinski definition) is 5. The van der Waals surface area contributed by atoms with E-state index in [1.165, 1.54) is 11.8 Å². The molecule has 0 aliphatic carbocycles. The van der Waals surface area contributed by atoms with Crippen LogP contribution < -0.4 is 4.74 Å². The predicted octanol–water partition coefficient (Wildman–Crippen LogP) is 3.00. The molecule has 124 valence electrons. The van der Waals surface area contributed by atoms with Gasteiger partial charge >= 0.3 is 0 Å².